The lowest BCUT2D eigenvalue weighted by Crippen LogP contribution is -2.36. The van der Waals surface area contributed by atoms with Gasteiger partial charge in [0.2, 0.25) is 0 Å². The molecule has 0 spiro atoms. The van der Waals surface area contributed by atoms with Gasteiger partial charge in [0.1, 0.15) is 0 Å². The van der Waals surface area contributed by atoms with E-state index in [1.54, 1.807) is 0 Å². The van der Waals surface area contributed by atoms with E-state index in [9.17, 15) is 0 Å². The average molecular weight is 509 g/mol. The van der Waals surface area contributed by atoms with Gasteiger partial charge in [0.25, 0.3) is 0 Å². The van der Waals surface area contributed by atoms with Crippen LogP contribution in [-0.2, 0) is 0 Å². The van der Waals surface area contributed by atoms with E-state index in [4.69, 9.17) is 5.84 Å². The van der Waals surface area contributed by atoms with E-state index >= 15 is 0 Å². The van der Waals surface area contributed by atoms with Crippen LogP contribution in [0.25, 0.3) is 27.5 Å². The molecule has 192 valence electrons. The zero-order valence-corrected chi connectivity index (χ0v) is 22.5. The molecule has 4 nitrogen and oxygen atoms in total. The number of fused-ring (bicyclic) bond motifs is 3. The van der Waals surface area contributed by atoms with Crippen molar-refractivity contribution in [2.45, 2.75) is 26.8 Å². The summed E-state index contributed by atoms with van der Waals surface area (Å²) in [4.78, 5) is 2.26. The molecule has 4 heteroatoms. The predicted molar refractivity (Wildman–Crippen MR) is 165 cm³/mol. The molecule has 0 saturated carbocycles. The Morgan fingerprint density at radius 1 is 0.692 bits per heavy atom. The molecule has 6 rings (SSSR count). The van der Waals surface area contributed by atoms with E-state index in [2.05, 4.69) is 151 Å². The summed E-state index contributed by atoms with van der Waals surface area (Å²) in [6.45, 7) is 6.51. The molecule has 0 amide bonds. The van der Waals surface area contributed by atoms with E-state index in [1.165, 1.54) is 38.5 Å². The van der Waals surface area contributed by atoms with Gasteiger partial charge >= 0.3 is 0 Å². The monoisotopic (exact) mass is 508 g/mol. The lowest BCUT2D eigenvalue weighted by atomic mass is 10.0. The number of hydrazone groups is 1. The van der Waals surface area contributed by atoms with Crippen molar-refractivity contribution in [1.29, 1.82) is 0 Å². The Morgan fingerprint density at radius 2 is 1.28 bits per heavy atom. The molecule has 1 atom stereocenters. The zero-order valence-electron chi connectivity index (χ0n) is 22.5. The Kier molecular flexibility index (Phi) is 6.37. The fraction of sp³-hybridized carbons (Fsp3) is 0.114. The second-order valence-corrected chi connectivity index (χ2v) is 10.0. The lowest BCUT2D eigenvalue weighted by molar-refractivity contribution is 0.786. The molecule has 6 aromatic rings. The highest BCUT2D eigenvalue weighted by Crippen LogP contribution is 2.34. The summed E-state index contributed by atoms with van der Waals surface area (Å²) in [5.41, 5.74) is 9.18. The predicted octanol–water partition coefficient (Wildman–Crippen LogP) is 8.29. The van der Waals surface area contributed by atoms with Crippen LogP contribution in [0.2, 0.25) is 0 Å². The van der Waals surface area contributed by atoms with Crippen molar-refractivity contribution < 1.29 is 0 Å². The third-order valence-corrected chi connectivity index (χ3v) is 7.82. The summed E-state index contributed by atoms with van der Waals surface area (Å²) in [7, 11) is 0. The molecular weight excluding hydrogens is 476 g/mol. The minimum absolute atomic E-state index is 0.0195. The highest BCUT2D eigenvalue weighted by atomic mass is 15.3. The van der Waals surface area contributed by atoms with Gasteiger partial charge in [0.15, 0.2) is 5.84 Å². The van der Waals surface area contributed by atoms with Crippen molar-refractivity contribution in [3.63, 3.8) is 0 Å². The molecule has 5 aromatic carbocycles. The first-order chi connectivity index (χ1) is 19.1. The van der Waals surface area contributed by atoms with Crippen molar-refractivity contribution in [3.05, 3.63) is 144 Å². The van der Waals surface area contributed by atoms with E-state index in [-0.39, 0.29) is 6.04 Å². The highest BCUT2D eigenvalue weighted by Gasteiger charge is 2.25. The van der Waals surface area contributed by atoms with E-state index in [0.29, 0.717) is 0 Å². The second-order valence-electron chi connectivity index (χ2n) is 10.0. The van der Waals surface area contributed by atoms with Crippen molar-refractivity contribution in [3.8, 4) is 5.69 Å². The van der Waals surface area contributed by atoms with Crippen LogP contribution in [0.5, 0.6) is 0 Å². The Hall–Kier alpha value is -4.83. The summed E-state index contributed by atoms with van der Waals surface area (Å²) in [5.74, 6) is 6.90. The van der Waals surface area contributed by atoms with Crippen molar-refractivity contribution in [2.24, 2.45) is 10.9 Å². The molecule has 0 saturated heterocycles. The Morgan fingerprint density at radius 3 is 1.90 bits per heavy atom. The number of hydrogen-bond donors (Lipinski definition) is 1. The summed E-state index contributed by atoms with van der Waals surface area (Å²) >= 11 is 0. The number of anilines is 1. The molecular formula is C35H32N4. The maximum absolute atomic E-state index is 6.17. The fourth-order valence-electron chi connectivity index (χ4n) is 5.62. The van der Waals surface area contributed by atoms with Crippen LogP contribution >= 0.6 is 0 Å². The Balaban J connectivity index is 1.47. The fourth-order valence-corrected chi connectivity index (χ4v) is 5.62. The van der Waals surface area contributed by atoms with Crippen LogP contribution < -0.4 is 10.7 Å². The number of nitrogens with two attached hydrogens (primary N) is 1. The van der Waals surface area contributed by atoms with Gasteiger partial charge in [-0.05, 0) is 79.9 Å². The maximum atomic E-state index is 6.17. The largest absolute Gasteiger partial charge is 0.321 e. The van der Waals surface area contributed by atoms with E-state index in [0.717, 1.165) is 22.8 Å². The van der Waals surface area contributed by atoms with Crippen LogP contribution in [0.15, 0.2) is 126 Å². The molecule has 0 aliphatic carbocycles. The second kappa shape index (κ2) is 10.1. The summed E-state index contributed by atoms with van der Waals surface area (Å²) in [5, 5.41) is 6.88. The lowest BCUT2D eigenvalue weighted by Gasteiger charge is -2.34. The van der Waals surface area contributed by atoms with Crippen LogP contribution in [0.3, 0.4) is 0 Å². The SMILES string of the molecule is Cc1cccc(N(/C(=N\N)c2ccc(-n3c4ccccc4c4ccccc43)cc2)C(C)c2ccccc2)c1C. The van der Waals surface area contributed by atoms with Gasteiger partial charge in [-0.3, -0.25) is 0 Å². The Labute approximate surface area is 229 Å². The molecule has 0 bridgehead atoms. The van der Waals surface area contributed by atoms with Crippen LogP contribution in [0.4, 0.5) is 5.69 Å². The van der Waals surface area contributed by atoms with Crippen molar-refractivity contribution in [2.75, 3.05) is 4.90 Å². The number of para-hydroxylation sites is 2. The maximum Gasteiger partial charge on any atom is 0.160 e. The van der Waals surface area contributed by atoms with Gasteiger partial charge in [-0.15, -0.1) is 0 Å². The van der Waals surface area contributed by atoms with Crippen LogP contribution in [-0.4, -0.2) is 10.4 Å². The number of nitrogens with zero attached hydrogens (tertiary/aromatic N) is 3. The van der Waals surface area contributed by atoms with Crippen molar-refractivity contribution >= 4 is 33.3 Å². The third-order valence-electron chi connectivity index (χ3n) is 7.82. The van der Waals surface area contributed by atoms with Gasteiger partial charge in [-0.1, -0.05) is 78.9 Å². The topological polar surface area (TPSA) is 46.5 Å². The molecule has 2 N–H and O–H groups in total. The number of aromatic nitrogens is 1. The van der Waals surface area contributed by atoms with Gasteiger partial charge in [-0.2, -0.15) is 5.10 Å². The molecule has 1 heterocycles. The quantitative estimate of drug-likeness (QED) is 0.110. The van der Waals surface area contributed by atoms with Gasteiger partial charge in [0.05, 0.1) is 17.1 Å². The van der Waals surface area contributed by atoms with Gasteiger partial charge in [-0.25, -0.2) is 0 Å². The summed E-state index contributed by atoms with van der Waals surface area (Å²) < 4.78 is 2.32. The minimum Gasteiger partial charge on any atom is -0.321 e. The molecule has 0 fully saturated rings. The van der Waals surface area contributed by atoms with E-state index in [1.807, 2.05) is 6.07 Å². The smallest absolute Gasteiger partial charge is 0.160 e. The molecule has 0 aliphatic rings. The standard InChI is InChI=1S/C35H32N4/c1-24-12-11-19-32(25(24)2)38(26(3)27-13-5-4-6-14-27)35(37-36)28-20-22-29(23-21-28)39-33-17-9-7-15-30(33)31-16-8-10-18-34(31)39/h4-23,26H,36H2,1-3H3/b37-35-. The number of rotatable bonds is 5. The van der Waals surface area contributed by atoms with Gasteiger partial charge < -0.3 is 15.3 Å². The van der Waals surface area contributed by atoms with Crippen LogP contribution in [0, 0.1) is 13.8 Å². The van der Waals surface area contributed by atoms with Gasteiger partial charge in [0, 0.05) is 27.7 Å². The average Bonchev–Trinajstić information content (AvgIpc) is 3.32. The summed E-state index contributed by atoms with van der Waals surface area (Å²) in [6, 6.07) is 42.6. The molecule has 0 radical (unpaired) electrons. The number of hydrogen-bond acceptors (Lipinski definition) is 2. The molecule has 0 aliphatic heterocycles. The third kappa shape index (κ3) is 4.24. The zero-order chi connectivity index (χ0) is 26.9. The number of aryl methyl sites for hydroxylation is 1. The first-order valence-corrected chi connectivity index (χ1v) is 13.4. The first kappa shape index (κ1) is 24.5. The Bertz CT molecular complexity index is 1740. The number of benzene rings is 5. The molecule has 1 aromatic heterocycles. The minimum atomic E-state index is 0.0195. The summed E-state index contributed by atoms with van der Waals surface area (Å²) in [6.07, 6.45) is 0. The first-order valence-electron chi connectivity index (χ1n) is 13.4. The molecule has 39 heavy (non-hydrogen) atoms. The van der Waals surface area contributed by atoms with Crippen LogP contribution in [0.1, 0.15) is 35.2 Å². The highest BCUT2D eigenvalue weighted by molar-refractivity contribution is 6.11. The van der Waals surface area contributed by atoms with E-state index < -0.39 is 0 Å². The van der Waals surface area contributed by atoms with Crippen molar-refractivity contribution in [1.82, 2.24) is 4.57 Å². The normalized spacial score (nSPS) is 12.6. The molecule has 1 unspecified atom stereocenters. The number of amidine groups is 1.